The fourth-order valence-corrected chi connectivity index (χ4v) is 3.61. The maximum atomic E-state index is 12.2. The molecule has 0 aromatic heterocycles. The molecule has 0 spiro atoms. The summed E-state index contributed by atoms with van der Waals surface area (Å²) in [6.07, 6.45) is -0.411. The standard InChI is InChI=1S/C26H41N3O6/c1-25(2,3)34-23(32)11-10-22(31)27-20-9-7-8-19(18-20)21(30)12-13-28-14-16-29(17-15-28)24(33)35-26(4,5)6/h7-9,18,21,30H,10-17H2,1-6H3,(H,27,31). The van der Waals surface area contributed by atoms with E-state index >= 15 is 0 Å². The van der Waals surface area contributed by atoms with Crippen LogP contribution in [0, 0.1) is 0 Å². The number of piperazine rings is 1. The maximum absolute atomic E-state index is 12.2. The maximum Gasteiger partial charge on any atom is 0.410 e. The normalized spacial score (nSPS) is 15.9. The number of amides is 2. The van der Waals surface area contributed by atoms with Crippen molar-refractivity contribution < 1.29 is 29.0 Å². The van der Waals surface area contributed by atoms with Gasteiger partial charge in [0.25, 0.3) is 0 Å². The zero-order chi connectivity index (χ0) is 26.2. The molecule has 1 aromatic carbocycles. The van der Waals surface area contributed by atoms with Crippen molar-refractivity contribution in [2.24, 2.45) is 0 Å². The molecule has 0 radical (unpaired) electrons. The van der Waals surface area contributed by atoms with Gasteiger partial charge in [-0.1, -0.05) is 12.1 Å². The van der Waals surface area contributed by atoms with E-state index in [1.165, 1.54) is 0 Å². The molecule has 1 unspecified atom stereocenters. The van der Waals surface area contributed by atoms with Crippen molar-refractivity contribution in [2.75, 3.05) is 38.0 Å². The number of anilines is 1. The monoisotopic (exact) mass is 491 g/mol. The van der Waals surface area contributed by atoms with Crippen molar-refractivity contribution in [3.05, 3.63) is 29.8 Å². The number of carbonyl (C=O) groups excluding carboxylic acids is 3. The first-order chi connectivity index (χ1) is 16.2. The topological polar surface area (TPSA) is 108 Å². The van der Waals surface area contributed by atoms with Crippen molar-refractivity contribution in [1.29, 1.82) is 0 Å². The molecule has 0 bridgehead atoms. The van der Waals surface area contributed by atoms with Gasteiger partial charge >= 0.3 is 12.1 Å². The first-order valence-corrected chi connectivity index (χ1v) is 12.2. The lowest BCUT2D eigenvalue weighted by molar-refractivity contribution is -0.155. The summed E-state index contributed by atoms with van der Waals surface area (Å²) in [6, 6.07) is 7.09. The Balaban J connectivity index is 1.76. The second-order valence-corrected chi connectivity index (χ2v) is 10.9. The number of hydrogen-bond acceptors (Lipinski definition) is 7. The minimum Gasteiger partial charge on any atom is -0.460 e. The van der Waals surface area contributed by atoms with E-state index in [4.69, 9.17) is 9.47 Å². The van der Waals surface area contributed by atoms with Gasteiger partial charge in [-0.3, -0.25) is 14.5 Å². The number of aliphatic hydroxyl groups is 1. The van der Waals surface area contributed by atoms with Crippen LogP contribution in [-0.4, -0.2) is 76.8 Å². The van der Waals surface area contributed by atoms with Gasteiger partial charge in [-0.15, -0.1) is 0 Å². The van der Waals surface area contributed by atoms with Gasteiger partial charge in [-0.25, -0.2) is 4.79 Å². The zero-order valence-electron chi connectivity index (χ0n) is 21.9. The number of ether oxygens (including phenoxy) is 2. The molecular formula is C26H41N3O6. The molecule has 1 heterocycles. The van der Waals surface area contributed by atoms with Crippen LogP contribution in [-0.2, 0) is 19.1 Å². The van der Waals surface area contributed by atoms with E-state index < -0.39 is 23.3 Å². The third-order valence-corrected chi connectivity index (χ3v) is 5.27. The fraction of sp³-hybridized carbons (Fsp3) is 0.654. The van der Waals surface area contributed by atoms with Crippen LogP contribution in [0.5, 0.6) is 0 Å². The van der Waals surface area contributed by atoms with Crippen LogP contribution in [0.25, 0.3) is 0 Å². The predicted octanol–water partition coefficient (Wildman–Crippen LogP) is 3.72. The number of nitrogens with one attached hydrogen (secondary N) is 1. The Kier molecular flexibility index (Phi) is 10.1. The Morgan fingerprint density at radius 2 is 1.60 bits per heavy atom. The van der Waals surface area contributed by atoms with Gasteiger partial charge in [-0.2, -0.15) is 0 Å². The van der Waals surface area contributed by atoms with E-state index in [9.17, 15) is 19.5 Å². The number of benzene rings is 1. The van der Waals surface area contributed by atoms with E-state index in [0.717, 1.165) is 13.1 Å². The lowest BCUT2D eigenvalue weighted by Gasteiger charge is -2.35. The molecule has 1 aliphatic heterocycles. The summed E-state index contributed by atoms with van der Waals surface area (Å²) >= 11 is 0. The summed E-state index contributed by atoms with van der Waals surface area (Å²) in [5.41, 5.74) is 0.192. The molecule has 1 aliphatic rings. The Labute approximate surface area is 208 Å². The average molecular weight is 492 g/mol. The van der Waals surface area contributed by atoms with Crippen LogP contribution in [0.15, 0.2) is 24.3 Å². The number of hydrogen-bond donors (Lipinski definition) is 2. The lowest BCUT2D eigenvalue weighted by Crippen LogP contribution is -2.50. The van der Waals surface area contributed by atoms with Crippen LogP contribution in [0.2, 0.25) is 0 Å². The molecule has 9 heteroatoms. The van der Waals surface area contributed by atoms with Crippen LogP contribution in [0.1, 0.15) is 72.5 Å². The number of esters is 1. The first kappa shape index (κ1) is 28.6. The van der Waals surface area contributed by atoms with Crippen molar-refractivity contribution >= 4 is 23.7 Å². The Hall–Kier alpha value is -2.65. The van der Waals surface area contributed by atoms with Crippen molar-refractivity contribution in [2.45, 2.75) is 78.1 Å². The van der Waals surface area contributed by atoms with E-state index in [2.05, 4.69) is 10.2 Å². The van der Waals surface area contributed by atoms with Gasteiger partial charge in [0.15, 0.2) is 0 Å². The van der Waals surface area contributed by atoms with Crippen molar-refractivity contribution in [1.82, 2.24) is 9.80 Å². The molecule has 2 rings (SSSR count). The first-order valence-electron chi connectivity index (χ1n) is 12.2. The third-order valence-electron chi connectivity index (χ3n) is 5.27. The number of nitrogens with zero attached hydrogens (tertiary/aromatic N) is 2. The summed E-state index contributed by atoms with van der Waals surface area (Å²) in [7, 11) is 0. The smallest absolute Gasteiger partial charge is 0.410 e. The molecule has 2 N–H and O–H groups in total. The van der Waals surface area contributed by atoms with Crippen LogP contribution >= 0.6 is 0 Å². The van der Waals surface area contributed by atoms with Gasteiger partial charge < -0.3 is 24.8 Å². The lowest BCUT2D eigenvalue weighted by atomic mass is 10.1. The molecule has 1 atom stereocenters. The molecule has 9 nitrogen and oxygen atoms in total. The summed E-state index contributed by atoms with van der Waals surface area (Å²) < 4.78 is 10.6. The molecule has 35 heavy (non-hydrogen) atoms. The highest BCUT2D eigenvalue weighted by atomic mass is 16.6. The zero-order valence-corrected chi connectivity index (χ0v) is 21.9. The summed E-state index contributed by atoms with van der Waals surface area (Å²) in [5, 5.41) is 13.5. The molecule has 1 aromatic rings. The fourth-order valence-electron chi connectivity index (χ4n) is 3.61. The second-order valence-electron chi connectivity index (χ2n) is 10.9. The minimum atomic E-state index is -0.683. The summed E-state index contributed by atoms with van der Waals surface area (Å²) in [4.78, 5) is 40.2. The molecule has 0 saturated carbocycles. The molecule has 2 amide bonds. The molecule has 0 aliphatic carbocycles. The number of rotatable bonds is 8. The average Bonchev–Trinajstić information content (AvgIpc) is 2.74. The highest BCUT2D eigenvalue weighted by Crippen LogP contribution is 2.22. The third kappa shape index (κ3) is 11.1. The number of aliphatic hydroxyl groups excluding tert-OH is 1. The van der Waals surface area contributed by atoms with E-state index in [-0.39, 0.29) is 24.8 Å². The van der Waals surface area contributed by atoms with Crippen LogP contribution < -0.4 is 5.32 Å². The van der Waals surface area contributed by atoms with Gasteiger partial charge in [0.05, 0.1) is 12.5 Å². The quantitative estimate of drug-likeness (QED) is 0.534. The second kappa shape index (κ2) is 12.4. The molecule has 1 fully saturated rings. The van der Waals surface area contributed by atoms with Gasteiger partial charge in [0.1, 0.15) is 11.2 Å². The Morgan fingerprint density at radius 1 is 0.971 bits per heavy atom. The largest absolute Gasteiger partial charge is 0.460 e. The van der Waals surface area contributed by atoms with Gasteiger partial charge in [-0.05, 0) is 65.7 Å². The summed E-state index contributed by atoms with van der Waals surface area (Å²) in [5.74, 6) is -0.700. The highest BCUT2D eigenvalue weighted by Gasteiger charge is 2.26. The Morgan fingerprint density at radius 3 is 2.20 bits per heavy atom. The predicted molar refractivity (Wildman–Crippen MR) is 134 cm³/mol. The molecule has 196 valence electrons. The van der Waals surface area contributed by atoms with E-state index in [0.29, 0.717) is 37.3 Å². The minimum absolute atomic E-state index is 0.00656. The molecule has 1 saturated heterocycles. The Bertz CT molecular complexity index is 867. The SMILES string of the molecule is CC(C)(C)OC(=O)CCC(=O)Nc1cccc(C(O)CCN2CCN(C(=O)OC(C)(C)C)CC2)c1. The molecular weight excluding hydrogens is 450 g/mol. The van der Waals surface area contributed by atoms with E-state index in [1.54, 1.807) is 43.9 Å². The van der Waals surface area contributed by atoms with Gasteiger partial charge in [0.2, 0.25) is 5.91 Å². The van der Waals surface area contributed by atoms with Crippen molar-refractivity contribution in [3.8, 4) is 0 Å². The summed E-state index contributed by atoms with van der Waals surface area (Å²) in [6.45, 7) is 14.2. The highest BCUT2D eigenvalue weighted by molar-refractivity contribution is 5.92. The van der Waals surface area contributed by atoms with E-state index in [1.807, 2.05) is 26.8 Å². The van der Waals surface area contributed by atoms with Gasteiger partial charge in [0, 0.05) is 44.8 Å². The van der Waals surface area contributed by atoms with Crippen LogP contribution in [0.4, 0.5) is 10.5 Å². The number of carbonyl (C=O) groups is 3. The van der Waals surface area contributed by atoms with Crippen molar-refractivity contribution in [3.63, 3.8) is 0 Å². The van der Waals surface area contributed by atoms with Crippen LogP contribution in [0.3, 0.4) is 0 Å².